The van der Waals surface area contributed by atoms with E-state index in [1.54, 1.807) is 24.3 Å². The molecule has 0 unspecified atom stereocenters. The molecule has 3 rings (SSSR count). The average Bonchev–Trinajstić information content (AvgIpc) is 2.74. The Balaban J connectivity index is 1.66. The number of halogens is 2. The Morgan fingerprint density at radius 3 is 2.29 bits per heavy atom. The summed E-state index contributed by atoms with van der Waals surface area (Å²) in [4.78, 5) is 24.2. The van der Waals surface area contributed by atoms with Crippen molar-refractivity contribution in [3.8, 4) is 0 Å². The summed E-state index contributed by atoms with van der Waals surface area (Å²) < 4.78 is 27.6. The second kappa shape index (κ2) is 9.82. The van der Waals surface area contributed by atoms with Gasteiger partial charge >= 0.3 is 0 Å². The molecule has 10 heteroatoms. The summed E-state index contributed by atoms with van der Waals surface area (Å²) in [6, 6.07) is 18.7. The zero-order valence-electron chi connectivity index (χ0n) is 15.9. The molecule has 31 heavy (non-hydrogen) atoms. The standard InChI is InChI=1S/C21H17Cl2N3O4S/c22-15-9-10-18(23)19(12-15)31(29,30)26-17-8-4-5-14(11-17)21(28)24-13-20(27)25-16-6-2-1-3-7-16/h1-12,26H,13H2,(H,24,28)(H,25,27). The lowest BCUT2D eigenvalue weighted by Crippen LogP contribution is -2.32. The molecule has 0 bridgehead atoms. The first-order chi connectivity index (χ1) is 14.7. The molecule has 3 aromatic carbocycles. The highest BCUT2D eigenvalue weighted by Gasteiger charge is 2.19. The summed E-state index contributed by atoms with van der Waals surface area (Å²) in [5, 5.41) is 5.37. The van der Waals surface area contributed by atoms with E-state index in [1.807, 2.05) is 6.07 Å². The fourth-order valence-electron chi connectivity index (χ4n) is 2.61. The molecule has 0 saturated heterocycles. The van der Waals surface area contributed by atoms with Gasteiger partial charge in [-0.25, -0.2) is 8.42 Å². The van der Waals surface area contributed by atoms with Crippen LogP contribution in [0, 0.1) is 0 Å². The van der Waals surface area contributed by atoms with Crippen LogP contribution in [-0.2, 0) is 14.8 Å². The van der Waals surface area contributed by atoms with Gasteiger partial charge in [0, 0.05) is 22.0 Å². The molecule has 0 saturated carbocycles. The fourth-order valence-corrected chi connectivity index (χ4v) is 4.42. The van der Waals surface area contributed by atoms with Gasteiger partial charge in [-0.05, 0) is 48.5 Å². The molecule has 3 aromatic rings. The van der Waals surface area contributed by atoms with Crippen molar-refractivity contribution < 1.29 is 18.0 Å². The van der Waals surface area contributed by atoms with E-state index in [-0.39, 0.29) is 32.7 Å². The van der Waals surface area contributed by atoms with Gasteiger partial charge in [-0.2, -0.15) is 0 Å². The number of carbonyl (C=O) groups is 2. The third kappa shape index (κ3) is 6.21. The molecule has 0 aliphatic carbocycles. The first kappa shape index (κ1) is 22.6. The Morgan fingerprint density at radius 1 is 0.839 bits per heavy atom. The highest BCUT2D eigenvalue weighted by atomic mass is 35.5. The molecule has 0 heterocycles. The highest BCUT2D eigenvalue weighted by Crippen LogP contribution is 2.27. The van der Waals surface area contributed by atoms with E-state index in [0.29, 0.717) is 5.69 Å². The summed E-state index contributed by atoms with van der Waals surface area (Å²) in [5.41, 5.74) is 0.931. The Bertz CT molecular complexity index is 1220. The van der Waals surface area contributed by atoms with Gasteiger partial charge in [0.05, 0.1) is 11.6 Å². The quantitative estimate of drug-likeness (QED) is 0.474. The fraction of sp³-hybridized carbons (Fsp3) is 0.0476. The number of hydrogen-bond donors (Lipinski definition) is 3. The van der Waals surface area contributed by atoms with Crippen molar-refractivity contribution in [3.05, 3.63) is 88.4 Å². The van der Waals surface area contributed by atoms with Gasteiger partial charge in [0.25, 0.3) is 15.9 Å². The monoisotopic (exact) mass is 477 g/mol. The minimum Gasteiger partial charge on any atom is -0.343 e. The molecule has 2 amide bonds. The Morgan fingerprint density at radius 2 is 1.55 bits per heavy atom. The predicted octanol–water partition coefficient (Wildman–Crippen LogP) is 4.16. The maximum Gasteiger partial charge on any atom is 0.263 e. The second-order valence-corrected chi connectivity index (χ2v) is 8.85. The number of carbonyl (C=O) groups excluding carboxylic acids is 2. The predicted molar refractivity (Wildman–Crippen MR) is 121 cm³/mol. The molecule has 0 aromatic heterocycles. The molecule has 0 radical (unpaired) electrons. The highest BCUT2D eigenvalue weighted by molar-refractivity contribution is 7.92. The van der Waals surface area contributed by atoms with Crippen molar-refractivity contribution in [2.24, 2.45) is 0 Å². The van der Waals surface area contributed by atoms with Gasteiger partial charge in [-0.15, -0.1) is 0 Å². The van der Waals surface area contributed by atoms with Crippen LogP contribution in [0.5, 0.6) is 0 Å². The second-order valence-electron chi connectivity index (χ2n) is 6.36. The van der Waals surface area contributed by atoms with Crippen LogP contribution >= 0.6 is 23.2 Å². The molecule has 0 aliphatic rings. The van der Waals surface area contributed by atoms with Crippen LogP contribution in [0.3, 0.4) is 0 Å². The van der Waals surface area contributed by atoms with E-state index in [9.17, 15) is 18.0 Å². The van der Waals surface area contributed by atoms with Gasteiger partial charge in [0.15, 0.2) is 0 Å². The van der Waals surface area contributed by atoms with Crippen LogP contribution in [0.2, 0.25) is 10.0 Å². The number of nitrogens with one attached hydrogen (secondary N) is 3. The van der Waals surface area contributed by atoms with E-state index in [1.165, 1.54) is 42.5 Å². The third-order valence-electron chi connectivity index (χ3n) is 4.03. The van der Waals surface area contributed by atoms with E-state index in [0.717, 1.165) is 0 Å². The molecule has 0 aliphatic heterocycles. The van der Waals surface area contributed by atoms with Crippen LogP contribution in [0.15, 0.2) is 77.7 Å². The number of benzene rings is 3. The molecule has 0 atom stereocenters. The van der Waals surface area contributed by atoms with Crippen molar-refractivity contribution in [1.29, 1.82) is 0 Å². The Labute approximate surface area is 189 Å². The molecule has 160 valence electrons. The van der Waals surface area contributed by atoms with Gasteiger partial charge in [0.2, 0.25) is 5.91 Å². The van der Waals surface area contributed by atoms with E-state index in [2.05, 4.69) is 15.4 Å². The number of anilines is 2. The smallest absolute Gasteiger partial charge is 0.263 e. The van der Waals surface area contributed by atoms with Crippen molar-refractivity contribution >= 4 is 56.4 Å². The molecule has 7 nitrogen and oxygen atoms in total. The number of para-hydroxylation sites is 1. The normalized spacial score (nSPS) is 10.9. The number of hydrogen-bond acceptors (Lipinski definition) is 4. The number of amides is 2. The van der Waals surface area contributed by atoms with Crippen molar-refractivity contribution in [2.75, 3.05) is 16.6 Å². The van der Waals surface area contributed by atoms with Crippen LogP contribution in [0.1, 0.15) is 10.4 Å². The van der Waals surface area contributed by atoms with Crippen molar-refractivity contribution in [1.82, 2.24) is 5.32 Å². The zero-order valence-corrected chi connectivity index (χ0v) is 18.3. The Hall–Kier alpha value is -3.07. The molecular formula is C21H17Cl2N3O4S. The number of rotatable bonds is 7. The first-order valence-corrected chi connectivity index (χ1v) is 11.2. The van der Waals surface area contributed by atoms with E-state index < -0.39 is 21.8 Å². The summed E-state index contributed by atoms with van der Waals surface area (Å²) in [6.45, 7) is -0.248. The van der Waals surface area contributed by atoms with Gasteiger partial charge in [0.1, 0.15) is 4.90 Å². The lowest BCUT2D eigenvalue weighted by Gasteiger charge is -2.11. The summed E-state index contributed by atoms with van der Waals surface area (Å²) in [5.74, 6) is -0.933. The van der Waals surface area contributed by atoms with E-state index in [4.69, 9.17) is 23.2 Å². The summed E-state index contributed by atoms with van der Waals surface area (Å²) in [6.07, 6.45) is 0. The molecule has 3 N–H and O–H groups in total. The van der Waals surface area contributed by atoms with Crippen molar-refractivity contribution in [2.45, 2.75) is 4.90 Å². The summed E-state index contributed by atoms with van der Waals surface area (Å²) in [7, 11) is -4.03. The number of sulfonamides is 1. The molecular weight excluding hydrogens is 461 g/mol. The zero-order chi connectivity index (χ0) is 22.4. The Kier molecular flexibility index (Phi) is 7.17. The van der Waals surface area contributed by atoms with Gasteiger partial charge in [-0.1, -0.05) is 47.5 Å². The van der Waals surface area contributed by atoms with Crippen LogP contribution in [0.4, 0.5) is 11.4 Å². The maximum absolute atomic E-state index is 12.6. The lowest BCUT2D eigenvalue weighted by atomic mass is 10.2. The van der Waals surface area contributed by atoms with Gasteiger partial charge in [-0.3, -0.25) is 14.3 Å². The molecule has 0 spiro atoms. The van der Waals surface area contributed by atoms with Crippen LogP contribution in [-0.4, -0.2) is 26.8 Å². The average molecular weight is 478 g/mol. The van der Waals surface area contributed by atoms with Crippen LogP contribution < -0.4 is 15.4 Å². The third-order valence-corrected chi connectivity index (χ3v) is 6.12. The van der Waals surface area contributed by atoms with Crippen LogP contribution in [0.25, 0.3) is 0 Å². The first-order valence-electron chi connectivity index (χ1n) is 8.95. The topological polar surface area (TPSA) is 104 Å². The molecule has 0 fully saturated rings. The van der Waals surface area contributed by atoms with Crippen molar-refractivity contribution in [3.63, 3.8) is 0 Å². The lowest BCUT2D eigenvalue weighted by molar-refractivity contribution is -0.115. The minimum absolute atomic E-state index is 0.00947. The van der Waals surface area contributed by atoms with Gasteiger partial charge < -0.3 is 10.6 Å². The van der Waals surface area contributed by atoms with E-state index >= 15 is 0 Å². The minimum atomic E-state index is -4.03. The largest absolute Gasteiger partial charge is 0.343 e. The maximum atomic E-state index is 12.6. The SMILES string of the molecule is O=C(CNC(=O)c1cccc(NS(=O)(=O)c2cc(Cl)ccc2Cl)c1)Nc1ccccc1. The summed E-state index contributed by atoms with van der Waals surface area (Å²) >= 11 is 11.8.